The van der Waals surface area contributed by atoms with Gasteiger partial charge in [-0.15, -0.1) is 0 Å². The average molecular weight is 335 g/mol. The van der Waals surface area contributed by atoms with E-state index in [9.17, 15) is 0 Å². The molecular formula is Co3O6P2. The Balaban J connectivity index is -0.0000000171. The molecule has 0 N–H and O–H groups in total. The molecule has 11 heteroatoms. The second kappa shape index (κ2) is 22.7. The van der Waals surface area contributed by atoms with Gasteiger partial charge in [-0.25, -0.2) is 0 Å². The van der Waals surface area contributed by atoms with Crippen LogP contribution in [0.2, 0.25) is 0 Å². The molecule has 0 heterocycles. The van der Waals surface area contributed by atoms with Crippen molar-refractivity contribution < 1.29 is 79.7 Å². The maximum atomic E-state index is 8.48. The van der Waals surface area contributed by atoms with E-state index >= 15 is 0 Å². The molecule has 0 aliphatic rings. The van der Waals surface area contributed by atoms with Gasteiger partial charge < -0.3 is 46.6 Å². The third-order valence-corrected chi connectivity index (χ3v) is 0. The molecule has 6 nitrogen and oxygen atoms in total. The molecule has 0 amide bonds. The molecule has 0 aromatic rings. The third-order valence-electron chi connectivity index (χ3n) is 0. The molecule has 0 fully saturated rings. The van der Waals surface area contributed by atoms with Crippen LogP contribution >= 0.6 is 17.2 Å². The minimum absolute atomic E-state index is 0. The van der Waals surface area contributed by atoms with E-state index in [0.717, 1.165) is 0 Å². The fourth-order valence-electron chi connectivity index (χ4n) is 0. The largest absolute Gasteiger partial charge is 2.00 e. The smallest absolute Gasteiger partial charge is 0.854 e. The quantitative estimate of drug-likeness (QED) is 0.405. The van der Waals surface area contributed by atoms with Gasteiger partial charge in [0.15, 0.2) is 0 Å². The summed E-state index contributed by atoms with van der Waals surface area (Å²) in [5.74, 6) is 0. The molecular weight excluding hydrogens is 335 g/mol. The summed E-state index contributed by atoms with van der Waals surface area (Å²) >= 11 is 0. The van der Waals surface area contributed by atoms with Gasteiger partial charge in [0.1, 0.15) is 0 Å². The van der Waals surface area contributed by atoms with E-state index in [0.29, 0.717) is 0 Å². The van der Waals surface area contributed by atoms with Gasteiger partial charge >= 0.3 is 50.3 Å². The van der Waals surface area contributed by atoms with Crippen LogP contribution in [-0.4, -0.2) is 0 Å². The van der Waals surface area contributed by atoms with E-state index in [1.165, 1.54) is 0 Å². The molecule has 3 radical (unpaired) electrons. The van der Waals surface area contributed by atoms with Gasteiger partial charge in [0, 0.05) is 0 Å². The van der Waals surface area contributed by atoms with Crippen molar-refractivity contribution in [3.05, 3.63) is 0 Å². The Kier molecular flexibility index (Phi) is 60.4. The Morgan fingerprint density at radius 3 is 0.455 bits per heavy atom. The number of rotatable bonds is 0. The van der Waals surface area contributed by atoms with E-state index in [4.69, 9.17) is 29.4 Å². The molecule has 0 rings (SSSR count). The van der Waals surface area contributed by atoms with Crippen LogP contribution in [0.25, 0.3) is 0 Å². The molecule has 0 spiro atoms. The van der Waals surface area contributed by atoms with Crippen molar-refractivity contribution in [2.45, 2.75) is 0 Å². The predicted molar refractivity (Wildman–Crippen MR) is 13.8 cm³/mol. The molecule has 0 unspecified atom stereocenters. The van der Waals surface area contributed by atoms with Crippen molar-refractivity contribution in [1.29, 1.82) is 0 Å². The van der Waals surface area contributed by atoms with Gasteiger partial charge in [-0.1, -0.05) is 0 Å². The van der Waals surface area contributed by atoms with E-state index in [2.05, 4.69) is 0 Å². The fraction of sp³-hybridized carbons (Fsp3) is 0. The van der Waals surface area contributed by atoms with Crippen LogP contribution in [0, 0.1) is 0 Å². The van der Waals surface area contributed by atoms with E-state index in [-0.39, 0.29) is 50.3 Å². The van der Waals surface area contributed by atoms with Crippen LogP contribution < -0.4 is 29.4 Å². The normalized spacial score (nSPS) is 6.55. The van der Waals surface area contributed by atoms with Crippen molar-refractivity contribution >= 4 is 17.2 Å². The van der Waals surface area contributed by atoms with Gasteiger partial charge in [-0.05, 0) is 0 Å². The molecule has 0 saturated carbocycles. The zero-order chi connectivity index (χ0) is 7.15. The minimum Gasteiger partial charge on any atom is -0.854 e. The molecule has 0 aliphatic carbocycles. The van der Waals surface area contributed by atoms with Gasteiger partial charge in [-0.3, -0.25) is 0 Å². The molecule has 11 heavy (non-hydrogen) atoms. The molecule has 0 aliphatic heterocycles. The van der Waals surface area contributed by atoms with Gasteiger partial charge in [0.2, 0.25) is 0 Å². The Hall–Kier alpha value is 2.14. The van der Waals surface area contributed by atoms with Crippen molar-refractivity contribution in [1.82, 2.24) is 0 Å². The first-order valence-electron chi connectivity index (χ1n) is 1.10. The first-order chi connectivity index (χ1) is 3.46. The zero-order valence-corrected chi connectivity index (χ0v) is 9.26. The summed E-state index contributed by atoms with van der Waals surface area (Å²) in [5.41, 5.74) is 0. The van der Waals surface area contributed by atoms with E-state index in [1.54, 1.807) is 0 Å². The topological polar surface area (TPSA) is 138 Å². The van der Waals surface area contributed by atoms with Crippen LogP contribution in [-0.2, 0) is 50.3 Å². The van der Waals surface area contributed by atoms with E-state index in [1.807, 2.05) is 0 Å². The number of hydrogen-bond donors (Lipinski definition) is 0. The molecule has 0 bridgehead atoms. The van der Waals surface area contributed by atoms with Crippen LogP contribution in [0.1, 0.15) is 0 Å². The summed E-state index contributed by atoms with van der Waals surface area (Å²) in [5, 5.41) is 0. The summed E-state index contributed by atoms with van der Waals surface area (Å²) in [7, 11) is -6.74. The molecule has 0 aromatic heterocycles. The van der Waals surface area contributed by atoms with Crippen LogP contribution in [0.3, 0.4) is 0 Å². The SMILES string of the molecule is [Co+2].[Co+2].[Co+2].[O-]P([O-])[O-].[O-]P([O-])[O-]. The summed E-state index contributed by atoms with van der Waals surface area (Å²) in [6.45, 7) is 0. The minimum atomic E-state index is -3.37. The van der Waals surface area contributed by atoms with Crippen LogP contribution in [0.15, 0.2) is 0 Å². The van der Waals surface area contributed by atoms with Gasteiger partial charge in [-0.2, -0.15) is 0 Å². The Bertz CT molecular complexity index is 31.3. The van der Waals surface area contributed by atoms with Gasteiger partial charge in [0.25, 0.3) is 0 Å². The fourth-order valence-corrected chi connectivity index (χ4v) is 0. The summed E-state index contributed by atoms with van der Waals surface area (Å²) in [6.07, 6.45) is 0. The maximum Gasteiger partial charge on any atom is 2.00 e. The summed E-state index contributed by atoms with van der Waals surface area (Å²) in [4.78, 5) is 50.9. The Labute approximate surface area is 96.6 Å². The molecule has 0 aromatic carbocycles. The monoisotopic (exact) mass is 335 g/mol. The molecule has 0 saturated heterocycles. The third kappa shape index (κ3) is 273. The van der Waals surface area contributed by atoms with Crippen molar-refractivity contribution in [2.75, 3.05) is 0 Å². The van der Waals surface area contributed by atoms with Crippen LogP contribution in [0.5, 0.6) is 0 Å². The summed E-state index contributed by atoms with van der Waals surface area (Å²) < 4.78 is 0. The van der Waals surface area contributed by atoms with Gasteiger partial charge in [0.05, 0.1) is 0 Å². The first-order valence-corrected chi connectivity index (χ1v) is 3.29. The number of hydrogen-bond acceptors (Lipinski definition) is 6. The zero-order valence-electron chi connectivity index (χ0n) is 4.34. The Morgan fingerprint density at radius 2 is 0.455 bits per heavy atom. The second-order valence-electron chi connectivity index (χ2n) is 0.447. The summed E-state index contributed by atoms with van der Waals surface area (Å²) in [6, 6.07) is 0. The van der Waals surface area contributed by atoms with Crippen LogP contribution in [0.4, 0.5) is 0 Å². The Morgan fingerprint density at radius 1 is 0.455 bits per heavy atom. The first kappa shape index (κ1) is 29.2. The van der Waals surface area contributed by atoms with Crippen molar-refractivity contribution in [3.63, 3.8) is 0 Å². The van der Waals surface area contributed by atoms with Crippen molar-refractivity contribution in [3.8, 4) is 0 Å². The van der Waals surface area contributed by atoms with Crippen molar-refractivity contribution in [2.24, 2.45) is 0 Å². The molecule has 0 atom stereocenters. The molecule has 73 valence electrons. The average Bonchev–Trinajstić information content (AvgIpc) is 1.25. The predicted octanol–water partition coefficient (Wildman–Crippen LogP) is -5.42. The second-order valence-corrected chi connectivity index (χ2v) is 1.34. The maximum absolute atomic E-state index is 8.48. The standard InChI is InChI=1S/3Co.2O3P/c;;;2*1-4(2)3/q3*+2;2*-3. The van der Waals surface area contributed by atoms with E-state index < -0.39 is 17.2 Å².